The number of likely N-dealkylation sites (tertiary alicyclic amines) is 1. The van der Waals surface area contributed by atoms with Crippen LogP contribution in [-0.4, -0.2) is 114 Å². The van der Waals surface area contributed by atoms with Crippen molar-refractivity contribution in [3.63, 3.8) is 0 Å². The van der Waals surface area contributed by atoms with Crippen molar-refractivity contribution >= 4 is 35.4 Å². The van der Waals surface area contributed by atoms with E-state index in [-0.39, 0.29) is 53.2 Å². The minimum absolute atomic E-state index is 0.00350. The van der Waals surface area contributed by atoms with Gasteiger partial charge in [-0.25, -0.2) is 0 Å². The number of carbonyl (C=O) groups excluding carboxylic acids is 4. The SMILES string of the molecule is CCSC(CC(=O)NCCc1ccccc1)C1CCCN1C(=O)CC(OC)C(C(C)CC)N(C)C(=O)C(C(C)C)C(C(N)=O)(C(C)C)N(C)C. The van der Waals surface area contributed by atoms with Gasteiger partial charge in [-0.2, -0.15) is 11.8 Å². The van der Waals surface area contributed by atoms with E-state index in [0.717, 1.165) is 31.4 Å². The van der Waals surface area contributed by atoms with Gasteiger partial charge >= 0.3 is 0 Å². The molecule has 1 saturated heterocycles. The number of benzene rings is 1. The van der Waals surface area contributed by atoms with Crippen LogP contribution in [0.15, 0.2) is 30.3 Å². The van der Waals surface area contributed by atoms with Crippen LogP contribution in [0.3, 0.4) is 0 Å². The molecule has 1 aromatic rings. The number of amides is 4. The van der Waals surface area contributed by atoms with E-state index in [2.05, 4.69) is 38.2 Å². The number of methoxy groups -OCH3 is 1. The van der Waals surface area contributed by atoms with Gasteiger partial charge in [-0.3, -0.25) is 24.1 Å². The van der Waals surface area contributed by atoms with Crippen molar-refractivity contribution in [2.24, 2.45) is 29.4 Å². The van der Waals surface area contributed by atoms with E-state index in [1.165, 1.54) is 5.56 Å². The van der Waals surface area contributed by atoms with Crippen LogP contribution >= 0.6 is 11.8 Å². The second-order valence-electron chi connectivity index (χ2n) is 14.8. The van der Waals surface area contributed by atoms with Crippen LogP contribution in [0, 0.1) is 23.7 Å². The summed E-state index contributed by atoms with van der Waals surface area (Å²) < 4.78 is 6.08. The van der Waals surface area contributed by atoms with Gasteiger partial charge in [-0.15, -0.1) is 0 Å². The number of nitrogens with zero attached hydrogens (tertiary/aromatic N) is 3. The monoisotopic (exact) mass is 717 g/mol. The molecule has 50 heavy (non-hydrogen) atoms. The molecule has 0 radical (unpaired) electrons. The summed E-state index contributed by atoms with van der Waals surface area (Å²) >= 11 is 1.74. The highest BCUT2D eigenvalue weighted by molar-refractivity contribution is 7.99. The molecule has 0 saturated carbocycles. The number of hydrogen-bond donors (Lipinski definition) is 2. The topological polar surface area (TPSA) is 125 Å². The van der Waals surface area contributed by atoms with E-state index in [9.17, 15) is 19.2 Å². The van der Waals surface area contributed by atoms with Gasteiger partial charge in [-0.1, -0.05) is 85.2 Å². The fraction of sp³-hybridized carbons (Fsp3) is 0.744. The Labute approximate surface area is 307 Å². The highest BCUT2D eigenvalue weighted by atomic mass is 32.2. The quantitative estimate of drug-likeness (QED) is 0.187. The average molecular weight is 718 g/mol. The Hall–Kier alpha value is -2.63. The Morgan fingerprint density at radius 1 is 1.04 bits per heavy atom. The molecule has 3 N–H and O–H groups in total. The third-order valence-electron chi connectivity index (χ3n) is 10.9. The molecule has 11 heteroatoms. The highest BCUT2D eigenvalue weighted by Crippen LogP contribution is 2.39. The number of rotatable bonds is 21. The normalized spacial score (nSPS) is 19.2. The van der Waals surface area contributed by atoms with E-state index in [1.807, 2.05) is 50.8 Å². The van der Waals surface area contributed by atoms with Gasteiger partial charge in [0.15, 0.2) is 0 Å². The lowest BCUT2D eigenvalue weighted by molar-refractivity contribution is -0.159. The van der Waals surface area contributed by atoms with E-state index in [4.69, 9.17) is 10.5 Å². The number of likely N-dealkylation sites (N-methyl/N-ethyl adjacent to an activating group) is 2. The second kappa shape index (κ2) is 20.4. The summed E-state index contributed by atoms with van der Waals surface area (Å²) in [6.45, 7) is 15.2. The number of thioether (sulfide) groups is 1. The maximum Gasteiger partial charge on any atom is 0.239 e. The molecule has 0 aliphatic carbocycles. The number of carbonyl (C=O) groups is 4. The fourth-order valence-corrected chi connectivity index (χ4v) is 9.49. The lowest BCUT2D eigenvalue weighted by atomic mass is 9.68. The zero-order valence-corrected chi connectivity index (χ0v) is 33.6. The third kappa shape index (κ3) is 10.5. The van der Waals surface area contributed by atoms with Crippen LogP contribution in [-0.2, 0) is 30.3 Å². The first-order valence-corrected chi connectivity index (χ1v) is 19.6. The molecule has 1 aromatic carbocycles. The molecular weight excluding hydrogens is 651 g/mol. The van der Waals surface area contributed by atoms with Crippen LogP contribution in [0.2, 0.25) is 0 Å². The number of nitrogens with one attached hydrogen (secondary N) is 1. The highest BCUT2D eigenvalue weighted by Gasteiger charge is 2.55. The van der Waals surface area contributed by atoms with Crippen LogP contribution in [0.4, 0.5) is 0 Å². The third-order valence-corrected chi connectivity index (χ3v) is 12.1. The molecule has 0 spiro atoms. The van der Waals surface area contributed by atoms with Crippen molar-refractivity contribution in [2.75, 3.05) is 47.1 Å². The van der Waals surface area contributed by atoms with Crippen molar-refractivity contribution in [2.45, 2.75) is 116 Å². The van der Waals surface area contributed by atoms with E-state index >= 15 is 0 Å². The minimum atomic E-state index is -1.21. The Morgan fingerprint density at radius 2 is 1.68 bits per heavy atom. The minimum Gasteiger partial charge on any atom is -0.379 e. The maximum atomic E-state index is 14.6. The van der Waals surface area contributed by atoms with E-state index in [1.54, 1.807) is 49.8 Å². The standard InChI is InChI=1S/C39H67N5O5S/c1-12-28(7)36(43(10)37(47)35(26(3)4)39(27(5)6,38(40)48)42(8)9)31(49-11)24-34(46)44-23-17-20-30(44)32(50-13-2)25-33(45)41-22-21-29-18-15-14-16-19-29/h14-16,18-19,26-28,30-32,35-36H,12-13,17,20-25H2,1-11H3,(H2,40,48)(H,41,45). The number of ether oxygens (including phenoxy) is 1. The van der Waals surface area contributed by atoms with Gasteiger partial charge in [0.1, 0.15) is 5.54 Å². The molecule has 1 fully saturated rings. The Kier molecular flexibility index (Phi) is 17.8. The summed E-state index contributed by atoms with van der Waals surface area (Å²) in [4.78, 5) is 60.6. The first kappa shape index (κ1) is 43.5. The predicted octanol–water partition coefficient (Wildman–Crippen LogP) is 4.84. The summed E-state index contributed by atoms with van der Waals surface area (Å²) in [6, 6.07) is 9.63. The van der Waals surface area contributed by atoms with Crippen LogP contribution < -0.4 is 11.1 Å². The zero-order chi connectivity index (χ0) is 37.8. The molecule has 10 nitrogen and oxygen atoms in total. The van der Waals surface area contributed by atoms with E-state index < -0.39 is 29.5 Å². The smallest absolute Gasteiger partial charge is 0.239 e. The molecule has 7 atom stereocenters. The zero-order valence-electron chi connectivity index (χ0n) is 32.7. The number of nitrogens with two attached hydrogens (primary N) is 1. The molecule has 0 bridgehead atoms. The number of primary amides is 1. The molecule has 1 aliphatic heterocycles. The first-order valence-electron chi connectivity index (χ1n) is 18.6. The lowest BCUT2D eigenvalue weighted by Gasteiger charge is -2.49. The van der Waals surface area contributed by atoms with Gasteiger partial charge in [0, 0.05) is 45.0 Å². The maximum absolute atomic E-state index is 14.6. The summed E-state index contributed by atoms with van der Waals surface area (Å²) in [5, 5.41) is 3.07. The second-order valence-corrected chi connectivity index (χ2v) is 16.4. The number of hydrogen-bond acceptors (Lipinski definition) is 7. The Bertz CT molecular complexity index is 1220. The molecule has 1 aliphatic rings. The van der Waals surface area contributed by atoms with Crippen LogP contribution in [0.1, 0.15) is 86.1 Å². The molecule has 1 heterocycles. The fourth-order valence-electron chi connectivity index (χ4n) is 8.29. The van der Waals surface area contributed by atoms with Crippen molar-refractivity contribution < 1.29 is 23.9 Å². The van der Waals surface area contributed by atoms with Crippen molar-refractivity contribution in [1.29, 1.82) is 0 Å². The predicted molar refractivity (Wildman–Crippen MR) is 205 cm³/mol. The summed E-state index contributed by atoms with van der Waals surface area (Å²) in [7, 11) is 6.99. The van der Waals surface area contributed by atoms with Gasteiger partial charge in [0.05, 0.1) is 24.5 Å². The van der Waals surface area contributed by atoms with Crippen molar-refractivity contribution in [1.82, 2.24) is 20.0 Å². The van der Waals surface area contributed by atoms with Gasteiger partial charge in [-0.05, 0) is 62.4 Å². The van der Waals surface area contributed by atoms with E-state index in [0.29, 0.717) is 19.5 Å². The molecule has 2 rings (SSSR count). The summed E-state index contributed by atoms with van der Waals surface area (Å²) in [5.74, 6) is -1.01. The molecule has 4 amide bonds. The molecule has 0 aromatic heterocycles. The molecule has 284 valence electrons. The summed E-state index contributed by atoms with van der Waals surface area (Å²) in [6.07, 6.45) is 3.15. The van der Waals surface area contributed by atoms with Crippen molar-refractivity contribution in [3.8, 4) is 0 Å². The van der Waals surface area contributed by atoms with Gasteiger partial charge in [0.2, 0.25) is 23.6 Å². The first-order chi connectivity index (χ1) is 23.6. The Balaban J connectivity index is 2.30. The van der Waals surface area contributed by atoms with Crippen molar-refractivity contribution in [3.05, 3.63) is 35.9 Å². The van der Waals surface area contributed by atoms with Crippen LogP contribution in [0.25, 0.3) is 0 Å². The van der Waals surface area contributed by atoms with Crippen LogP contribution in [0.5, 0.6) is 0 Å². The van der Waals surface area contributed by atoms with Gasteiger partial charge in [0.25, 0.3) is 0 Å². The average Bonchev–Trinajstić information content (AvgIpc) is 3.56. The largest absolute Gasteiger partial charge is 0.379 e. The molecule has 7 unspecified atom stereocenters. The molecular formula is C39H67N5O5S. The van der Waals surface area contributed by atoms with Gasteiger partial charge < -0.3 is 25.6 Å². The lowest BCUT2D eigenvalue weighted by Crippen LogP contribution is -2.68. The Morgan fingerprint density at radius 3 is 2.18 bits per heavy atom. The summed E-state index contributed by atoms with van der Waals surface area (Å²) in [5.41, 5.74) is 6.09.